The molecule has 7 nitrogen and oxygen atoms in total. The van der Waals surface area contributed by atoms with E-state index in [0.29, 0.717) is 36.7 Å². The SMILES string of the molecule is COc1ccc(Cl)cc1S(=O)(=O)N1CCC(n2ccnn2)CC1. The molecule has 0 unspecified atom stereocenters. The lowest BCUT2D eigenvalue weighted by molar-refractivity contribution is 0.258. The van der Waals surface area contributed by atoms with E-state index in [1.807, 2.05) is 0 Å². The Labute approximate surface area is 139 Å². The number of rotatable bonds is 4. The maximum atomic E-state index is 12.9. The zero-order valence-corrected chi connectivity index (χ0v) is 14.2. The van der Waals surface area contributed by atoms with E-state index in [0.717, 1.165) is 0 Å². The number of methoxy groups -OCH3 is 1. The number of hydrogen-bond donors (Lipinski definition) is 0. The first-order chi connectivity index (χ1) is 11.0. The molecule has 2 aromatic rings. The summed E-state index contributed by atoms with van der Waals surface area (Å²) < 4.78 is 34.1. The summed E-state index contributed by atoms with van der Waals surface area (Å²) in [7, 11) is -2.20. The molecule has 0 aliphatic carbocycles. The third kappa shape index (κ3) is 3.19. The first-order valence-corrected chi connectivity index (χ1v) is 9.03. The highest BCUT2D eigenvalue weighted by Gasteiger charge is 2.32. The monoisotopic (exact) mass is 356 g/mol. The highest BCUT2D eigenvalue weighted by molar-refractivity contribution is 7.89. The normalized spacial score (nSPS) is 17.3. The topological polar surface area (TPSA) is 77.3 Å². The molecule has 1 saturated heterocycles. The third-order valence-electron chi connectivity index (χ3n) is 3.98. The minimum Gasteiger partial charge on any atom is -0.495 e. The molecule has 0 saturated carbocycles. The number of ether oxygens (including phenoxy) is 1. The largest absolute Gasteiger partial charge is 0.495 e. The van der Waals surface area contributed by atoms with Gasteiger partial charge in [-0.25, -0.2) is 13.1 Å². The van der Waals surface area contributed by atoms with Crippen molar-refractivity contribution in [2.45, 2.75) is 23.8 Å². The Balaban J connectivity index is 1.81. The maximum Gasteiger partial charge on any atom is 0.246 e. The molecule has 1 fully saturated rings. The number of sulfonamides is 1. The summed E-state index contributed by atoms with van der Waals surface area (Å²) in [5.41, 5.74) is 0. The van der Waals surface area contributed by atoms with E-state index in [1.54, 1.807) is 29.2 Å². The second-order valence-electron chi connectivity index (χ2n) is 5.31. The number of benzene rings is 1. The van der Waals surface area contributed by atoms with Crippen molar-refractivity contribution in [2.24, 2.45) is 0 Å². The summed E-state index contributed by atoms with van der Waals surface area (Å²) >= 11 is 5.95. The van der Waals surface area contributed by atoms with Crippen LogP contribution in [-0.4, -0.2) is 47.9 Å². The quantitative estimate of drug-likeness (QED) is 0.837. The van der Waals surface area contributed by atoms with E-state index in [-0.39, 0.29) is 10.9 Å². The van der Waals surface area contributed by atoms with E-state index < -0.39 is 10.0 Å². The molecule has 0 bridgehead atoms. The fraction of sp³-hybridized carbons (Fsp3) is 0.429. The molecule has 1 aromatic heterocycles. The molecule has 23 heavy (non-hydrogen) atoms. The Morgan fingerprint density at radius 2 is 2.04 bits per heavy atom. The van der Waals surface area contributed by atoms with E-state index >= 15 is 0 Å². The first-order valence-electron chi connectivity index (χ1n) is 7.22. The second kappa shape index (κ2) is 6.46. The standard InChI is InChI=1S/C14H17ClN4O3S/c1-22-13-3-2-11(15)10-14(13)23(20,21)18-7-4-12(5-8-18)19-9-6-16-17-19/h2-3,6,9-10,12H,4-5,7-8H2,1H3. The van der Waals surface area contributed by atoms with Crippen LogP contribution in [0.2, 0.25) is 5.02 Å². The van der Waals surface area contributed by atoms with Crippen molar-refractivity contribution in [1.29, 1.82) is 0 Å². The molecule has 124 valence electrons. The molecular formula is C14H17ClN4O3S. The lowest BCUT2D eigenvalue weighted by Gasteiger charge is -2.31. The first kappa shape index (κ1) is 16.2. The molecule has 0 radical (unpaired) electrons. The van der Waals surface area contributed by atoms with Gasteiger partial charge in [0.15, 0.2) is 0 Å². The number of nitrogens with zero attached hydrogens (tertiary/aromatic N) is 4. The Hall–Kier alpha value is -1.64. The average Bonchev–Trinajstić information content (AvgIpc) is 3.09. The zero-order valence-electron chi connectivity index (χ0n) is 12.6. The Kier molecular flexibility index (Phi) is 4.56. The molecule has 1 aromatic carbocycles. The third-order valence-corrected chi connectivity index (χ3v) is 6.14. The summed E-state index contributed by atoms with van der Waals surface area (Å²) in [6, 6.07) is 4.78. The molecular weight excluding hydrogens is 340 g/mol. The van der Waals surface area contributed by atoms with Gasteiger partial charge in [-0.2, -0.15) is 4.31 Å². The predicted octanol–water partition coefficient (Wildman–Crippen LogP) is 1.97. The van der Waals surface area contributed by atoms with Crippen molar-refractivity contribution in [1.82, 2.24) is 19.3 Å². The van der Waals surface area contributed by atoms with Crippen LogP contribution < -0.4 is 4.74 Å². The number of halogens is 1. The van der Waals surface area contributed by atoms with Gasteiger partial charge in [-0.15, -0.1) is 5.10 Å². The Morgan fingerprint density at radius 3 is 2.65 bits per heavy atom. The van der Waals surface area contributed by atoms with Crippen LogP contribution in [0.1, 0.15) is 18.9 Å². The van der Waals surface area contributed by atoms with Gasteiger partial charge in [-0.3, -0.25) is 0 Å². The Morgan fingerprint density at radius 1 is 1.30 bits per heavy atom. The van der Waals surface area contributed by atoms with Crippen LogP contribution in [0.3, 0.4) is 0 Å². The molecule has 1 aliphatic heterocycles. The van der Waals surface area contributed by atoms with E-state index in [9.17, 15) is 8.42 Å². The number of aromatic nitrogens is 3. The molecule has 0 atom stereocenters. The van der Waals surface area contributed by atoms with Crippen LogP contribution in [0.15, 0.2) is 35.5 Å². The molecule has 2 heterocycles. The molecule has 3 rings (SSSR count). The summed E-state index contributed by atoms with van der Waals surface area (Å²) in [6.45, 7) is 0.838. The van der Waals surface area contributed by atoms with Crippen LogP contribution in [0, 0.1) is 0 Å². The van der Waals surface area contributed by atoms with E-state index in [1.165, 1.54) is 17.5 Å². The highest BCUT2D eigenvalue weighted by Crippen LogP contribution is 2.32. The lowest BCUT2D eigenvalue weighted by Crippen LogP contribution is -2.39. The van der Waals surface area contributed by atoms with Crippen molar-refractivity contribution in [3.63, 3.8) is 0 Å². The minimum atomic E-state index is -3.64. The predicted molar refractivity (Wildman–Crippen MR) is 85.1 cm³/mol. The van der Waals surface area contributed by atoms with Crippen LogP contribution in [0.5, 0.6) is 5.75 Å². The molecule has 0 amide bonds. The second-order valence-corrected chi connectivity index (χ2v) is 7.66. The van der Waals surface area contributed by atoms with Gasteiger partial charge in [0.25, 0.3) is 0 Å². The minimum absolute atomic E-state index is 0.103. The van der Waals surface area contributed by atoms with Crippen LogP contribution in [0.25, 0.3) is 0 Å². The molecule has 0 N–H and O–H groups in total. The van der Waals surface area contributed by atoms with E-state index in [4.69, 9.17) is 16.3 Å². The van der Waals surface area contributed by atoms with Crippen molar-refractivity contribution >= 4 is 21.6 Å². The fourth-order valence-electron chi connectivity index (χ4n) is 2.75. The fourth-order valence-corrected chi connectivity index (χ4v) is 4.64. The zero-order chi connectivity index (χ0) is 16.4. The smallest absolute Gasteiger partial charge is 0.246 e. The van der Waals surface area contributed by atoms with Crippen molar-refractivity contribution < 1.29 is 13.2 Å². The highest BCUT2D eigenvalue weighted by atomic mass is 35.5. The van der Waals surface area contributed by atoms with Gasteiger partial charge in [0, 0.05) is 24.3 Å². The van der Waals surface area contributed by atoms with Gasteiger partial charge < -0.3 is 4.74 Å². The van der Waals surface area contributed by atoms with Crippen molar-refractivity contribution in [3.8, 4) is 5.75 Å². The van der Waals surface area contributed by atoms with Crippen molar-refractivity contribution in [3.05, 3.63) is 35.6 Å². The summed E-state index contributed by atoms with van der Waals surface area (Å²) in [6.07, 6.45) is 4.80. The summed E-state index contributed by atoms with van der Waals surface area (Å²) in [5.74, 6) is 0.299. The summed E-state index contributed by atoms with van der Waals surface area (Å²) in [5, 5.41) is 8.14. The maximum absolute atomic E-state index is 12.9. The molecule has 1 aliphatic rings. The molecule has 0 spiro atoms. The summed E-state index contributed by atoms with van der Waals surface area (Å²) in [4.78, 5) is 0.103. The van der Waals surface area contributed by atoms with Gasteiger partial charge in [-0.05, 0) is 31.0 Å². The van der Waals surface area contributed by atoms with Gasteiger partial charge >= 0.3 is 0 Å². The van der Waals surface area contributed by atoms with Crippen molar-refractivity contribution in [2.75, 3.05) is 20.2 Å². The number of hydrogen-bond acceptors (Lipinski definition) is 5. The lowest BCUT2D eigenvalue weighted by atomic mass is 10.1. The van der Waals surface area contributed by atoms with E-state index in [2.05, 4.69) is 10.3 Å². The van der Waals surface area contributed by atoms with Crippen LogP contribution in [-0.2, 0) is 10.0 Å². The average molecular weight is 357 g/mol. The van der Waals surface area contributed by atoms with Crippen LogP contribution in [0.4, 0.5) is 0 Å². The number of piperidine rings is 1. The van der Waals surface area contributed by atoms with Gasteiger partial charge in [-0.1, -0.05) is 16.8 Å². The molecule has 9 heteroatoms. The Bertz CT molecular complexity index is 771. The van der Waals surface area contributed by atoms with Crippen LogP contribution >= 0.6 is 11.6 Å². The van der Waals surface area contributed by atoms with Gasteiger partial charge in [0.05, 0.1) is 19.3 Å². The van der Waals surface area contributed by atoms with Gasteiger partial charge in [0.2, 0.25) is 10.0 Å². The van der Waals surface area contributed by atoms with Gasteiger partial charge in [0.1, 0.15) is 10.6 Å².